The molecule has 70 valence electrons. The van der Waals surface area contributed by atoms with Gasteiger partial charge in [0.25, 0.3) is 0 Å². The van der Waals surface area contributed by atoms with Crippen LogP contribution >= 0.6 is 11.6 Å². The van der Waals surface area contributed by atoms with Crippen LogP contribution in [0.5, 0.6) is 0 Å². The first-order chi connectivity index (χ1) is 5.57. The highest BCUT2D eigenvalue weighted by atomic mass is 35.5. The van der Waals surface area contributed by atoms with Gasteiger partial charge in [0, 0.05) is 5.03 Å². The Hall–Kier alpha value is -0.490. The van der Waals surface area contributed by atoms with Crippen molar-refractivity contribution in [2.24, 2.45) is 0 Å². The highest BCUT2D eigenvalue weighted by Crippen LogP contribution is 2.12. The van der Waals surface area contributed by atoms with Gasteiger partial charge in [-0.15, -0.1) is 0 Å². The van der Waals surface area contributed by atoms with Crippen molar-refractivity contribution in [3.8, 4) is 0 Å². The van der Waals surface area contributed by atoms with E-state index in [-0.39, 0.29) is 0 Å². The SMILES string of the molecule is C=C/C(C)=C\C(Cl)=C(C)C.CC. The molecule has 0 rings (SSSR count). The van der Waals surface area contributed by atoms with Crippen LogP contribution in [0.4, 0.5) is 0 Å². The number of halogens is 1. The number of allylic oxidation sites excluding steroid dienone is 5. The molecule has 0 unspecified atom stereocenters. The topological polar surface area (TPSA) is 0 Å². The summed E-state index contributed by atoms with van der Waals surface area (Å²) in [6.07, 6.45) is 3.69. The first kappa shape index (κ1) is 14.1. The molecule has 0 aromatic heterocycles. The lowest BCUT2D eigenvalue weighted by atomic mass is 10.2. The molecule has 0 aromatic rings. The third-order valence-electron chi connectivity index (χ3n) is 1.15. The Labute approximate surface area is 81.6 Å². The van der Waals surface area contributed by atoms with Gasteiger partial charge in [0.15, 0.2) is 0 Å². The lowest BCUT2D eigenvalue weighted by molar-refractivity contribution is 1.36. The molecule has 0 bridgehead atoms. The lowest BCUT2D eigenvalue weighted by Crippen LogP contribution is -1.72. The monoisotopic (exact) mass is 186 g/mol. The van der Waals surface area contributed by atoms with Crippen molar-refractivity contribution < 1.29 is 0 Å². The molecule has 0 spiro atoms. The minimum atomic E-state index is 0.803. The van der Waals surface area contributed by atoms with Crippen LogP contribution in [0.2, 0.25) is 0 Å². The zero-order valence-corrected chi connectivity index (χ0v) is 9.50. The highest BCUT2D eigenvalue weighted by Gasteiger charge is 1.88. The smallest absolute Gasteiger partial charge is 0.0395 e. The van der Waals surface area contributed by atoms with E-state index in [9.17, 15) is 0 Å². The Morgan fingerprint density at radius 1 is 1.17 bits per heavy atom. The van der Waals surface area contributed by atoms with Crippen LogP contribution in [0.1, 0.15) is 34.6 Å². The van der Waals surface area contributed by atoms with Crippen molar-refractivity contribution in [1.29, 1.82) is 0 Å². The zero-order chi connectivity index (χ0) is 10.1. The molecule has 0 aliphatic heterocycles. The van der Waals surface area contributed by atoms with E-state index in [0.29, 0.717) is 0 Å². The molecule has 0 atom stereocenters. The number of hydrogen-bond acceptors (Lipinski definition) is 0. The van der Waals surface area contributed by atoms with Gasteiger partial charge >= 0.3 is 0 Å². The molecule has 1 heteroatoms. The summed E-state index contributed by atoms with van der Waals surface area (Å²) in [6.45, 7) is 13.6. The molecule has 0 heterocycles. The van der Waals surface area contributed by atoms with E-state index in [0.717, 1.165) is 16.2 Å². The van der Waals surface area contributed by atoms with E-state index in [1.165, 1.54) is 0 Å². The van der Waals surface area contributed by atoms with Crippen LogP contribution in [-0.4, -0.2) is 0 Å². The molecular weight excluding hydrogens is 168 g/mol. The summed E-state index contributed by atoms with van der Waals surface area (Å²) in [5.41, 5.74) is 2.22. The fourth-order valence-corrected chi connectivity index (χ4v) is 0.575. The van der Waals surface area contributed by atoms with Crippen LogP contribution in [0.25, 0.3) is 0 Å². The normalized spacial score (nSPS) is 9.67. The van der Waals surface area contributed by atoms with Crippen molar-refractivity contribution in [2.75, 3.05) is 0 Å². The maximum absolute atomic E-state index is 5.84. The summed E-state index contributed by atoms with van der Waals surface area (Å²) in [5, 5.41) is 0.803. The largest absolute Gasteiger partial charge is 0.0988 e. The van der Waals surface area contributed by atoms with Gasteiger partial charge in [-0.2, -0.15) is 0 Å². The fraction of sp³-hybridized carbons (Fsp3) is 0.455. The minimum absolute atomic E-state index is 0.803. The maximum Gasteiger partial charge on any atom is 0.0395 e. The second-order valence-electron chi connectivity index (χ2n) is 2.44. The highest BCUT2D eigenvalue weighted by molar-refractivity contribution is 6.31. The van der Waals surface area contributed by atoms with E-state index in [2.05, 4.69) is 6.58 Å². The van der Waals surface area contributed by atoms with Crippen molar-refractivity contribution in [2.45, 2.75) is 34.6 Å². The molecule has 0 radical (unpaired) electrons. The molecule has 0 aliphatic carbocycles. The number of hydrogen-bond donors (Lipinski definition) is 0. The third-order valence-corrected chi connectivity index (χ3v) is 1.64. The van der Waals surface area contributed by atoms with Crippen molar-refractivity contribution in [3.63, 3.8) is 0 Å². The molecule has 0 amide bonds. The quantitative estimate of drug-likeness (QED) is 0.550. The van der Waals surface area contributed by atoms with E-state index in [1.807, 2.05) is 40.7 Å². The second-order valence-corrected chi connectivity index (χ2v) is 2.85. The standard InChI is InChI=1S/C9H13Cl.C2H6/c1-5-8(4)6-9(10)7(2)3;1-2/h5-6H,1H2,2-4H3;1-2H3/b8-6-;. The first-order valence-electron chi connectivity index (χ1n) is 4.21. The van der Waals surface area contributed by atoms with E-state index < -0.39 is 0 Å². The summed E-state index contributed by atoms with van der Waals surface area (Å²) in [4.78, 5) is 0. The van der Waals surface area contributed by atoms with E-state index in [4.69, 9.17) is 11.6 Å². The number of rotatable bonds is 2. The van der Waals surface area contributed by atoms with Crippen molar-refractivity contribution >= 4 is 11.6 Å². The molecule has 0 nitrogen and oxygen atoms in total. The van der Waals surface area contributed by atoms with Gasteiger partial charge in [0.05, 0.1) is 0 Å². The minimum Gasteiger partial charge on any atom is -0.0988 e. The molecule has 0 saturated carbocycles. The molecule has 0 N–H and O–H groups in total. The predicted molar refractivity (Wildman–Crippen MR) is 59.5 cm³/mol. The van der Waals surface area contributed by atoms with Crippen molar-refractivity contribution in [3.05, 3.63) is 34.9 Å². The van der Waals surface area contributed by atoms with E-state index in [1.54, 1.807) is 6.08 Å². The average Bonchev–Trinajstić information content (AvgIpc) is 2.07. The fourth-order valence-electron chi connectivity index (χ4n) is 0.403. The Bertz CT molecular complexity index is 181. The summed E-state index contributed by atoms with van der Waals surface area (Å²) in [6, 6.07) is 0. The zero-order valence-electron chi connectivity index (χ0n) is 8.74. The maximum atomic E-state index is 5.84. The van der Waals surface area contributed by atoms with Gasteiger partial charge in [-0.1, -0.05) is 49.2 Å². The third kappa shape index (κ3) is 7.62. The summed E-state index contributed by atoms with van der Waals surface area (Å²) in [5.74, 6) is 0. The van der Waals surface area contributed by atoms with Gasteiger partial charge in [-0.25, -0.2) is 0 Å². The molecule has 0 aliphatic rings. The summed E-state index contributed by atoms with van der Waals surface area (Å²) >= 11 is 5.84. The lowest BCUT2D eigenvalue weighted by Gasteiger charge is -1.93. The molecule has 0 aromatic carbocycles. The second kappa shape index (κ2) is 8.61. The Kier molecular flexibility index (Phi) is 10.1. The van der Waals surface area contributed by atoms with Crippen LogP contribution in [0, 0.1) is 0 Å². The molecule has 12 heavy (non-hydrogen) atoms. The van der Waals surface area contributed by atoms with Gasteiger partial charge in [0.1, 0.15) is 0 Å². The molecular formula is C11H19Cl. The van der Waals surface area contributed by atoms with Gasteiger partial charge in [0.2, 0.25) is 0 Å². The van der Waals surface area contributed by atoms with Gasteiger partial charge < -0.3 is 0 Å². The van der Waals surface area contributed by atoms with Gasteiger partial charge in [-0.3, -0.25) is 0 Å². The van der Waals surface area contributed by atoms with Gasteiger partial charge in [-0.05, 0) is 26.8 Å². The Morgan fingerprint density at radius 3 is 1.83 bits per heavy atom. The van der Waals surface area contributed by atoms with E-state index >= 15 is 0 Å². The molecule has 0 fully saturated rings. The van der Waals surface area contributed by atoms with Crippen LogP contribution in [-0.2, 0) is 0 Å². The van der Waals surface area contributed by atoms with Crippen LogP contribution in [0.3, 0.4) is 0 Å². The summed E-state index contributed by atoms with van der Waals surface area (Å²) in [7, 11) is 0. The summed E-state index contributed by atoms with van der Waals surface area (Å²) < 4.78 is 0. The Balaban J connectivity index is 0. The van der Waals surface area contributed by atoms with Crippen molar-refractivity contribution in [1.82, 2.24) is 0 Å². The molecule has 0 saturated heterocycles. The average molecular weight is 187 g/mol. The van der Waals surface area contributed by atoms with Crippen LogP contribution < -0.4 is 0 Å². The first-order valence-corrected chi connectivity index (χ1v) is 4.59. The van der Waals surface area contributed by atoms with Crippen LogP contribution in [0.15, 0.2) is 34.9 Å². The Morgan fingerprint density at radius 2 is 1.58 bits per heavy atom. The predicted octanol–water partition coefficient (Wildman–Crippen LogP) is 4.68.